The Kier molecular flexibility index (Phi) is 7.92. The quantitative estimate of drug-likeness (QED) is 0.403. The van der Waals surface area contributed by atoms with Crippen LogP contribution < -0.4 is 4.90 Å². The number of benzene rings is 2. The molecule has 7 heteroatoms. The van der Waals surface area contributed by atoms with Crippen LogP contribution in [-0.4, -0.2) is 63.8 Å². The zero-order chi connectivity index (χ0) is 28.6. The zero-order valence-electron chi connectivity index (χ0n) is 24.6. The molecular formula is C33H41N5O2. The van der Waals surface area contributed by atoms with Gasteiger partial charge in [0.25, 0.3) is 11.8 Å². The molecule has 0 bridgehead atoms. The first-order chi connectivity index (χ1) is 19.1. The van der Waals surface area contributed by atoms with E-state index >= 15 is 0 Å². The molecule has 1 aliphatic heterocycles. The van der Waals surface area contributed by atoms with Crippen LogP contribution >= 0.6 is 0 Å². The van der Waals surface area contributed by atoms with Crippen molar-refractivity contribution in [3.63, 3.8) is 0 Å². The van der Waals surface area contributed by atoms with Crippen LogP contribution in [-0.2, 0) is 6.42 Å². The van der Waals surface area contributed by atoms with Crippen LogP contribution in [0.1, 0.15) is 88.1 Å². The molecule has 7 nitrogen and oxygen atoms in total. The Morgan fingerprint density at radius 3 is 2.33 bits per heavy atom. The number of amides is 2. The van der Waals surface area contributed by atoms with Crippen LogP contribution in [0, 0.1) is 20.8 Å². The van der Waals surface area contributed by atoms with E-state index in [1.54, 1.807) is 0 Å². The number of hydrogen-bond donors (Lipinski definition) is 0. The van der Waals surface area contributed by atoms with E-state index in [-0.39, 0.29) is 29.9 Å². The van der Waals surface area contributed by atoms with Crippen LogP contribution in [0.15, 0.2) is 48.5 Å². The van der Waals surface area contributed by atoms with Gasteiger partial charge < -0.3 is 14.7 Å². The number of carbonyl (C=O) groups is 2. The van der Waals surface area contributed by atoms with E-state index in [1.165, 1.54) is 5.56 Å². The lowest BCUT2D eigenvalue weighted by molar-refractivity contribution is 0.0605. The van der Waals surface area contributed by atoms with Crippen molar-refractivity contribution in [2.24, 2.45) is 0 Å². The molecule has 0 unspecified atom stereocenters. The molecule has 210 valence electrons. The van der Waals surface area contributed by atoms with Gasteiger partial charge in [0, 0.05) is 55.1 Å². The van der Waals surface area contributed by atoms with Crippen molar-refractivity contribution in [1.29, 1.82) is 0 Å². The second-order valence-electron chi connectivity index (χ2n) is 11.6. The highest BCUT2D eigenvalue weighted by Gasteiger charge is 2.35. The first-order valence-corrected chi connectivity index (χ1v) is 14.5. The zero-order valence-corrected chi connectivity index (χ0v) is 24.6. The molecule has 5 rings (SSSR count). The lowest BCUT2D eigenvalue weighted by atomic mass is 9.98. The fourth-order valence-electron chi connectivity index (χ4n) is 6.40. The molecule has 0 radical (unpaired) electrons. The molecule has 0 saturated carbocycles. The van der Waals surface area contributed by atoms with Crippen LogP contribution in [0.5, 0.6) is 0 Å². The van der Waals surface area contributed by atoms with Crippen molar-refractivity contribution in [2.45, 2.75) is 78.4 Å². The Hall–Kier alpha value is -3.74. The van der Waals surface area contributed by atoms with Crippen LogP contribution in [0.2, 0.25) is 0 Å². The predicted molar refractivity (Wildman–Crippen MR) is 159 cm³/mol. The van der Waals surface area contributed by atoms with Gasteiger partial charge in [-0.2, -0.15) is 0 Å². The number of carbonyl (C=O) groups excluding carboxylic acids is 2. The maximum atomic E-state index is 13.7. The highest BCUT2D eigenvalue weighted by Crippen LogP contribution is 2.39. The molecule has 2 aromatic carbocycles. The van der Waals surface area contributed by atoms with Gasteiger partial charge in [-0.25, -0.2) is 9.97 Å². The minimum Gasteiger partial charge on any atom is -0.356 e. The number of aryl methyl sites for hydroxylation is 4. The molecule has 2 heterocycles. The van der Waals surface area contributed by atoms with Gasteiger partial charge in [0.2, 0.25) is 0 Å². The van der Waals surface area contributed by atoms with E-state index in [0.717, 1.165) is 72.8 Å². The summed E-state index contributed by atoms with van der Waals surface area (Å²) in [7, 11) is 1.93. The van der Waals surface area contributed by atoms with E-state index in [2.05, 4.69) is 34.8 Å². The Bertz CT molecular complexity index is 1390. The summed E-state index contributed by atoms with van der Waals surface area (Å²) in [6.45, 7) is 11.8. The van der Waals surface area contributed by atoms with Gasteiger partial charge in [0.15, 0.2) is 0 Å². The minimum atomic E-state index is -0.0387. The SMILES string of the molecule is Cc1cc(N2CCC(N(C)C(=O)c3ccc4c(c3)[C@H](N(C(=O)c3ccccc3C)C(C)C)CC4)CC2)nc(C)n1. The molecule has 40 heavy (non-hydrogen) atoms. The second kappa shape index (κ2) is 11.4. The summed E-state index contributed by atoms with van der Waals surface area (Å²) in [5.41, 5.74) is 5.75. The van der Waals surface area contributed by atoms with E-state index in [0.29, 0.717) is 5.56 Å². The van der Waals surface area contributed by atoms with Crippen LogP contribution in [0.3, 0.4) is 0 Å². The molecule has 2 aliphatic rings. The number of aromatic nitrogens is 2. The van der Waals surface area contributed by atoms with Gasteiger partial charge in [-0.15, -0.1) is 0 Å². The van der Waals surface area contributed by atoms with Gasteiger partial charge in [0.05, 0.1) is 6.04 Å². The standard InChI is InChI=1S/C33H41N5O2/c1-21(2)38(33(40)28-10-8-7-9-22(28)3)30-14-13-25-11-12-26(20-29(25)30)32(39)36(6)27-15-17-37(18-16-27)31-19-23(4)34-24(5)35-31/h7-12,19-21,27,30H,13-18H2,1-6H3/t30-/m1/s1. The monoisotopic (exact) mass is 539 g/mol. The maximum Gasteiger partial charge on any atom is 0.254 e. The smallest absolute Gasteiger partial charge is 0.254 e. The van der Waals surface area contributed by atoms with Gasteiger partial charge in [0.1, 0.15) is 11.6 Å². The largest absolute Gasteiger partial charge is 0.356 e. The molecule has 3 aromatic rings. The van der Waals surface area contributed by atoms with Gasteiger partial charge in [-0.3, -0.25) is 9.59 Å². The molecule has 1 atom stereocenters. The Balaban J connectivity index is 1.31. The molecular weight excluding hydrogens is 498 g/mol. The fourth-order valence-corrected chi connectivity index (χ4v) is 6.40. The Morgan fingerprint density at radius 2 is 1.65 bits per heavy atom. The number of rotatable bonds is 6. The van der Waals surface area contributed by atoms with Crippen LogP contribution in [0.4, 0.5) is 5.82 Å². The summed E-state index contributed by atoms with van der Waals surface area (Å²) in [4.78, 5) is 42.7. The molecule has 1 aromatic heterocycles. The third kappa shape index (κ3) is 5.47. The molecule has 1 aliphatic carbocycles. The second-order valence-corrected chi connectivity index (χ2v) is 11.6. The van der Waals surface area contributed by atoms with E-state index in [9.17, 15) is 9.59 Å². The lowest BCUT2D eigenvalue weighted by Crippen LogP contribution is -2.46. The van der Waals surface area contributed by atoms with Crippen LogP contribution in [0.25, 0.3) is 0 Å². The summed E-state index contributed by atoms with van der Waals surface area (Å²) < 4.78 is 0. The molecule has 0 N–H and O–H groups in total. The molecule has 0 spiro atoms. The summed E-state index contributed by atoms with van der Waals surface area (Å²) in [6, 6.07) is 16.1. The topological polar surface area (TPSA) is 69.6 Å². The highest BCUT2D eigenvalue weighted by atomic mass is 16.2. The Morgan fingerprint density at radius 1 is 0.925 bits per heavy atom. The maximum absolute atomic E-state index is 13.7. The summed E-state index contributed by atoms with van der Waals surface area (Å²) >= 11 is 0. The van der Waals surface area contributed by atoms with E-state index < -0.39 is 0 Å². The van der Waals surface area contributed by atoms with E-state index in [1.807, 2.05) is 80.1 Å². The number of piperidine rings is 1. The number of hydrogen-bond acceptors (Lipinski definition) is 5. The normalized spacial score (nSPS) is 17.2. The van der Waals surface area contributed by atoms with Crippen molar-refractivity contribution in [1.82, 2.24) is 19.8 Å². The van der Waals surface area contributed by atoms with Crippen molar-refractivity contribution in [3.05, 3.63) is 87.9 Å². The fraction of sp³-hybridized carbons (Fsp3) is 0.455. The van der Waals surface area contributed by atoms with Crippen molar-refractivity contribution < 1.29 is 9.59 Å². The number of anilines is 1. The lowest BCUT2D eigenvalue weighted by Gasteiger charge is -2.37. The minimum absolute atomic E-state index is 0.0387. The first-order valence-electron chi connectivity index (χ1n) is 14.5. The highest BCUT2D eigenvalue weighted by molar-refractivity contribution is 5.97. The average Bonchev–Trinajstić information content (AvgIpc) is 3.34. The Labute approximate surface area is 238 Å². The third-order valence-electron chi connectivity index (χ3n) is 8.55. The summed E-state index contributed by atoms with van der Waals surface area (Å²) in [5.74, 6) is 1.86. The third-order valence-corrected chi connectivity index (χ3v) is 8.55. The van der Waals surface area contributed by atoms with Gasteiger partial charge in [-0.1, -0.05) is 24.3 Å². The molecule has 1 fully saturated rings. The average molecular weight is 540 g/mol. The van der Waals surface area contributed by atoms with Crippen molar-refractivity contribution in [3.8, 4) is 0 Å². The van der Waals surface area contributed by atoms with Gasteiger partial charge in [-0.05, 0) is 95.2 Å². The van der Waals surface area contributed by atoms with E-state index in [4.69, 9.17) is 0 Å². The number of fused-ring (bicyclic) bond motifs is 1. The summed E-state index contributed by atoms with van der Waals surface area (Å²) in [6.07, 6.45) is 3.57. The predicted octanol–water partition coefficient (Wildman–Crippen LogP) is 5.68. The molecule has 2 amide bonds. The van der Waals surface area contributed by atoms with Crippen molar-refractivity contribution >= 4 is 17.6 Å². The first kappa shape index (κ1) is 27.8. The number of nitrogens with zero attached hydrogens (tertiary/aromatic N) is 5. The summed E-state index contributed by atoms with van der Waals surface area (Å²) in [5, 5.41) is 0. The molecule has 1 saturated heterocycles. The van der Waals surface area contributed by atoms with Gasteiger partial charge >= 0.3 is 0 Å². The van der Waals surface area contributed by atoms with Crippen molar-refractivity contribution in [2.75, 3.05) is 25.0 Å².